The van der Waals surface area contributed by atoms with Gasteiger partial charge in [-0.25, -0.2) is 0 Å². The summed E-state index contributed by atoms with van der Waals surface area (Å²) in [5.41, 5.74) is 5.30. The number of carbonyl (C=O) groups excluding carboxylic acids is 1. The fourth-order valence-corrected chi connectivity index (χ4v) is 1.80. The van der Waals surface area contributed by atoms with Crippen molar-refractivity contribution in [1.82, 2.24) is 5.32 Å². The summed E-state index contributed by atoms with van der Waals surface area (Å²) in [5, 5.41) is 2.88. The first-order chi connectivity index (χ1) is 5.94. The second-order valence-corrected chi connectivity index (χ2v) is 4.88. The summed E-state index contributed by atoms with van der Waals surface area (Å²) in [6, 6.07) is 0. The number of hydrogen-bond acceptors (Lipinski definition) is 2. The van der Waals surface area contributed by atoms with Crippen molar-refractivity contribution in [2.75, 3.05) is 13.1 Å². The fraction of sp³-hybridized carbons (Fsp3) is 0.900. The number of rotatable bonds is 3. The lowest BCUT2D eigenvalue weighted by molar-refractivity contribution is -0.130. The molecular weight excluding hydrogens is 164 g/mol. The largest absolute Gasteiger partial charge is 0.354 e. The van der Waals surface area contributed by atoms with Gasteiger partial charge in [-0.1, -0.05) is 20.8 Å². The topological polar surface area (TPSA) is 55.1 Å². The van der Waals surface area contributed by atoms with E-state index in [4.69, 9.17) is 5.73 Å². The molecule has 1 aliphatic rings. The minimum absolute atomic E-state index is 0.0751. The molecule has 3 nitrogen and oxygen atoms in total. The first-order valence-electron chi connectivity index (χ1n) is 4.92. The van der Waals surface area contributed by atoms with Crippen molar-refractivity contribution in [3.8, 4) is 0 Å². The number of carbonyl (C=O) groups is 1. The predicted octanol–water partition coefficient (Wildman–Crippen LogP) is 0.888. The second-order valence-electron chi connectivity index (χ2n) is 4.88. The van der Waals surface area contributed by atoms with Gasteiger partial charge in [0.1, 0.15) is 0 Å². The maximum Gasteiger partial charge on any atom is 0.226 e. The SMILES string of the molecule is CC(C)(C)C1(C(=O)NCCN)CC1. The summed E-state index contributed by atoms with van der Waals surface area (Å²) in [5.74, 6) is 0.186. The molecule has 0 atom stereocenters. The Balaban J connectivity index is 2.56. The molecule has 0 spiro atoms. The van der Waals surface area contributed by atoms with Gasteiger partial charge in [0.15, 0.2) is 0 Å². The predicted molar refractivity (Wildman–Crippen MR) is 53.2 cm³/mol. The molecule has 1 amide bonds. The maximum atomic E-state index is 11.8. The van der Waals surface area contributed by atoms with Gasteiger partial charge in [-0.05, 0) is 18.3 Å². The molecule has 0 aliphatic heterocycles. The Labute approximate surface area is 80.1 Å². The average molecular weight is 184 g/mol. The van der Waals surface area contributed by atoms with Gasteiger partial charge in [-0.15, -0.1) is 0 Å². The molecule has 76 valence electrons. The summed E-state index contributed by atoms with van der Waals surface area (Å²) in [7, 11) is 0. The molecule has 0 aromatic rings. The van der Waals surface area contributed by atoms with Crippen LogP contribution in [-0.4, -0.2) is 19.0 Å². The number of hydrogen-bond donors (Lipinski definition) is 2. The molecule has 3 heteroatoms. The normalized spacial score (nSPS) is 19.7. The van der Waals surface area contributed by atoms with Crippen LogP contribution in [0.3, 0.4) is 0 Å². The Morgan fingerprint density at radius 1 is 1.46 bits per heavy atom. The lowest BCUT2D eigenvalue weighted by Crippen LogP contribution is -2.41. The molecule has 1 saturated carbocycles. The molecule has 0 aromatic heterocycles. The van der Waals surface area contributed by atoms with Crippen LogP contribution in [0, 0.1) is 10.8 Å². The first-order valence-corrected chi connectivity index (χ1v) is 4.92. The third-order valence-electron chi connectivity index (χ3n) is 3.05. The van der Waals surface area contributed by atoms with Crippen LogP contribution in [0.15, 0.2) is 0 Å². The molecule has 3 N–H and O–H groups in total. The van der Waals surface area contributed by atoms with Gasteiger partial charge in [-0.3, -0.25) is 4.79 Å². The van der Waals surface area contributed by atoms with Crippen LogP contribution in [0.5, 0.6) is 0 Å². The summed E-state index contributed by atoms with van der Waals surface area (Å²) < 4.78 is 0. The van der Waals surface area contributed by atoms with Crippen LogP contribution >= 0.6 is 0 Å². The van der Waals surface area contributed by atoms with E-state index in [2.05, 4.69) is 26.1 Å². The number of amides is 1. The van der Waals surface area contributed by atoms with Crippen LogP contribution in [0.25, 0.3) is 0 Å². The van der Waals surface area contributed by atoms with Gasteiger partial charge in [0.05, 0.1) is 5.41 Å². The summed E-state index contributed by atoms with van der Waals surface area (Å²) >= 11 is 0. The highest BCUT2D eigenvalue weighted by atomic mass is 16.2. The second kappa shape index (κ2) is 3.29. The smallest absolute Gasteiger partial charge is 0.226 e. The van der Waals surface area contributed by atoms with Crippen molar-refractivity contribution < 1.29 is 4.79 Å². The van der Waals surface area contributed by atoms with Gasteiger partial charge in [-0.2, -0.15) is 0 Å². The lowest BCUT2D eigenvalue weighted by Gasteiger charge is -2.29. The summed E-state index contributed by atoms with van der Waals surface area (Å²) in [4.78, 5) is 11.8. The van der Waals surface area contributed by atoms with Crippen LogP contribution in [0.1, 0.15) is 33.6 Å². The number of nitrogens with one attached hydrogen (secondary N) is 1. The Morgan fingerprint density at radius 3 is 2.31 bits per heavy atom. The van der Waals surface area contributed by atoms with Gasteiger partial charge in [0.2, 0.25) is 5.91 Å². The van der Waals surface area contributed by atoms with Gasteiger partial charge >= 0.3 is 0 Å². The molecule has 0 unspecified atom stereocenters. The van der Waals surface area contributed by atoms with E-state index >= 15 is 0 Å². The molecule has 13 heavy (non-hydrogen) atoms. The monoisotopic (exact) mass is 184 g/mol. The van der Waals surface area contributed by atoms with E-state index < -0.39 is 0 Å². The van der Waals surface area contributed by atoms with Crippen LogP contribution in [-0.2, 0) is 4.79 Å². The third kappa shape index (κ3) is 1.85. The molecule has 0 saturated heterocycles. The zero-order valence-corrected chi connectivity index (χ0v) is 8.81. The quantitative estimate of drug-likeness (QED) is 0.684. The van der Waals surface area contributed by atoms with Crippen molar-refractivity contribution >= 4 is 5.91 Å². The van der Waals surface area contributed by atoms with E-state index in [0.29, 0.717) is 13.1 Å². The minimum Gasteiger partial charge on any atom is -0.354 e. The molecule has 1 aliphatic carbocycles. The average Bonchev–Trinajstić information content (AvgIpc) is 2.78. The van der Waals surface area contributed by atoms with Crippen LogP contribution < -0.4 is 11.1 Å². The third-order valence-corrected chi connectivity index (χ3v) is 3.05. The standard InChI is InChI=1S/C10H20N2O/c1-9(2,3)10(4-5-10)8(13)12-7-6-11/h4-7,11H2,1-3H3,(H,12,13). The van der Waals surface area contributed by atoms with Crippen molar-refractivity contribution in [3.63, 3.8) is 0 Å². The van der Waals surface area contributed by atoms with E-state index in [9.17, 15) is 4.79 Å². The highest BCUT2D eigenvalue weighted by Gasteiger charge is 2.57. The van der Waals surface area contributed by atoms with Gasteiger partial charge in [0, 0.05) is 13.1 Å². The maximum absolute atomic E-state index is 11.8. The molecular formula is C10H20N2O. The highest BCUT2D eigenvalue weighted by Crippen LogP contribution is 2.58. The van der Waals surface area contributed by atoms with E-state index in [-0.39, 0.29) is 16.7 Å². The van der Waals surface area contributed by atoms with Crippen molar-refractivity contribution in [2.24, 2.45) is 16.6 Å². The van der Waals surface area contributed by atoms with Crippen molar-refractivity contribution in [3.05, 3.63) is 0 Å². The highest BCUT2D eigenvalue weighted by molar-refractivity contribution is 5.86. The first kappa shape index (κ1) is 10.5. The number of nitrogens with two attached hydrogens (primary N) is 1. The lowest BCUT2D eigenvalue weighted by atomic mass is 9.77. The van der Waals surface area contributed by atoms with Crippen molar-refractivity contribution in [1.29, 1.82) is 0 Å². The Bertz CT molecular complexity index is 201. The fourth-order valence-electron chi connectivity index (χ4n) is 1.80. The summed E-state index contributed by atoms with van der Waals surface area (Å²) in [6.45, 7) is 7.49. The van der Waals surface area contributed by atoms with E-state index in [1.165, 1.54) is 0 Å². The molecule has 0 heterocycles. The molecule has 0 aromatic carbocycles. The Morgan fingerprint density at radius 2 is 2.00 bits per heavy atom. The zero-order valence-electron chi connectivity index (χ0n) is 8.81. The Hall–Kier alpha value is -0.570. The van der Waals surface area contributed by atoms with E-state index in [0.717, 1.165) is 12.8 Å². The minimum atomic E-state index is -0.109. The summed E-state index contributed by atoms with van der Waals surface area (Å²) in [6.07, 6.45) is 2.04. The van der Waals surface area contributed by atoms with E-state index in [1.54, 1.807) is 0 Å². The zero-order chi connectivity index (χ0) is 10.1. The van der Waals surface area contributed by atoms with E-state index in [1.807, 2.05) is 0 Å². The molecule has 0 radical (unpaired) electrons. The van der Waals surface area contributed by atoms with Gasteiger partial charge < -0.3 is 11.1 Å². The molecule has 1 fully saturated rings. The Kier molecular flexibility index (Phi) is 2.66. The van der Waals surface area contributed by atoms with Crippen LogP contribution in [0.4, 0.5) is 0 Å². The van der Waals surface area contributed by atoms with Crippen molar-refractivity contribution in [2.45, 2.75) is 33.6 Å². The molecule has 0 bridgehead atoms. The van der Waals surface area contributed by atoms with Gasteiger partial charge in [0.25, 0.3) is 0 Å². The molecule has 1 rings (SSSR count). The van der Waals surface area contributed by atoms with Crippen LogP contribution in [0.2, 0.25) is 0 Å².